The van der Waals surface area contributed by atoms with E-state index in [1.807, 2.05) is 49.4 Å². The van der Waals surface area contributed by atoms with Crippen LogP contribution in [0.5, 0.6) is 11.5 Å². The number of nitrogens with two attached hydrogens (primary N) is 1. The zero-order chi connectivity index (χ0) is 13.8. The Kier molecular flexibility index (Phi) is 4.61. The normalized spacial score (nSPS) is 12.2. The molecule has 0 saturated carbocycles. The number of aryl methyl sites for hydroxylation is 1. The summed E-state index contributed by atoms with van der Waals surface area (Å²) in [6.45, 7) is 4.11. The second kappa shape index (κ2) is 6.22. The molecule has 0 spiro atoms. The van der Waals surface area contributed by atoms with Gasteiger partial charge in [-0.05, 0) is 54.8 Å². The molecule has 2 aromatic rings. The Balaban J connectivity index is 2.23. The standard InChI is InChI=1S/C16H18BrNO/c1-3-15(18)12-5-4-6-14(10-12)19-16-8-7-13(17)9-11(16)2/h4-10,15H,3,18H2,1-2H3. The molecule has 0 aromatic heterocycles. The molecule has 100 valence electrons. The summed E-state index contributed by atoms with van der Waals surface area (Å²) < 4.78 is 6.98. The molecule has 0 heterocycles. The van der Waals surface area contributed by atoms with Gasteiger partial charge in [-0.15, -0.1) is 0 Å². The summed E-state index contributed by atoms with van der Waals surface area (Å²) in [5, 5.41) is 0. The molecular weight excluding hydrogens is 302 g/mol. The number of hydrogen-bond donors (Lipinski definition) is 1. The lowest BCUT2D eigenvalue weighted by atomic mass is 10.1. The number of hydrogen-bond acceptors (Lipinski definition) is 2. The molecule has 2 rings (SSSR count). The Hall–Kier alpha value is -1.32. The van der Waals surface area contributed by atoms with Gasteiger partial charge in [0, 0.05) is 10.5 Å². The van der Waals surface area contributed by atoms with Gasteiger partial charge in [0.2, 0.25) is 0 Å². The van der Waals surface area contributed by atoms with Crippen molar-refractivity contribution in [2.24, 2.45) is 5.73 Å². The van der Waals surface area contributed by atoms with Crippen LogP contribution in [0.15, 0.2) is 46.9 Å². The van der Waals surface area contributed by atoms with E-state index in [1.54, 1.807) is 0 Å². The Morgan fingerprint density at radius 1 is 1.21 bits per heavy atom. The number of halogens is 1. The van der Waals surface area contributed by atoms with Gasteiger partial charge in [-0.25, -0.2) is 0 Å². The van der Waals surface area contributed by atoms with E-state index in [1.165, 1.54) is 0 Å². The molecule has 1 unspecified atom stereocenters. The summed E-state index contributed by atoms with van der Waals surface area (Å²) in [6.07, 6.45) is 0.917. The maximum atomic E-state index is 6.04. The monoisotopic (exact) mass is 319 g/mol. The van der Waals surface area contributed by atoms with Gasteiger partial charge in [-0.3, -0.25) is 0 Å². The van der Waals surface area contributed by atoms with Crippen molar-refractivity contribution >= 4 is 15.9 Å². The van der Waals surface area contributed by atoms with E-state index in [-0.39, 0.29) is 6.04 Å². The van der Waals surface area contributed by atoms with Crippen molar-refractivity contribution in [2.75, 3.05) is 0 Å². The first kappa shape index (κ1) is 14.1. The Morgan fingerprint density at radius 2 is 2.00 bits per heavy atom. The first-order chi connectivity index (χ1) is 9.10. The smallest absolute Gasteiger partial charge is 0.130 e. The second-order valence-corrected chi connectivity index (χ2v) is 5.51. The zero-order valence-electron chi connectivity index (χ0n) is 11.2. The Morgan fingerprint density at radius 3 is 2.68 bits per heavy atom. The Bertz CT molecular complexity index is 568. The van der Waals surface area contributed by atoms with Gasteiger partial charge in [-0.1, -0.05) is 35.0 Å². The first-order valence-electron chi connectivity index (χ1n) is 6.39. The van der Waals surface area contributed by atoms with E-state index in [0.717, 1.165) is 33.5 Å². The molecule has 0 saturated heterocycles. The van der Waals surface area contributed by atoms with Crippen LogP contribution in [0.3, 0.4) is 0 Å². The van der Waals surface area contributed by atoms with Gasteiger partial charge in [0.1, 0.15) is 11.5 Å². The molecule has 0 radical (unpaired) electrons. The van der Waals surface area contributed by atoms with E-state index in [9.17, 15) is 0 Å². The van der Waals surface area contributed by atoms with Gasteiger partial charge < -0.3 is 10.5 Å². The number of rotatable bonds is 4. The lowest BCUT2D eigenvalue weighted by molar-refractivity contribution is 0.477. The molecular formula is C16H18BrNO. The molecule has 1 atom stereocenters. The lowest BCUT2D eigenvalue weighted by Gasteiger charge is -2.13. The van der Waals surface area contributed by atoms with Crippen LogP contribution in [0.25, 0.3) is 0 Å². The quantitative estimate of drug-likeness (QED) is 0.864. The van der Waals surface area contributed by atoms with E-state index in [2.05, 4.69) is 22.9 Å². The minimum Gasteiger partial charge on any atom is -0.457 e. The largest absolute Gasteiger partial charge is 0.457 e. The van der Waals surface area contributed by atoms with Gasteiger partial charge in [0.15, 0.2) is 0 Å². The van der Waals surface area contributed by atoms with Crippen molar-refractivity contribution in [2.45, 2.75) is 26.3 Å². The third kappa shape index (κ3) is 3.58. The number of ether oxygens (including phenoxy) is 1. The molecule has 2 N–H and O–H groups in total. The van der Waals surface area contributed by atoms with Gasteiger partial charge in [0.05, 0.1) is 0 Å². The highest BCUT2D eigenvalue weighted by atomic mass is 79.9. The zero-order valence-corrected chi connectivity index (χ0v) is 12.8. The van der Waals surface area contributed by atoms with E-state index >= 15 is 0 Å². The maximum Gasteiger partial charge on any atom is 0.130 e. The summed E-state index contributed by atoms with van der Waals surface area (Å²) in [5.41, 5.74) is 8.25. The van der Waals surface area contributed by atoms with E-state index in [0.29, 0.717) is 0 Å². The van der Waals surface area contributed by atoms with Crippen molar-refractivity contribution in [3.05, 3.63) is 58.1 Å². The molecule has 0 aliphatic heterocycles. The highest BCUT2D eigenvalue weighted by molar-refractivity contribution is 9.10. The maximum absolute atomic E-state index is 6.04. The van der Waals surface area contributed by atoms with Crippen molar-refractivity contribution in [1.82, 2.24) is 0 Å². The van der Waals surface area contributed by atoms with Crippen LogP contribution in [0.2, 0.25) is 0 Å². The van der Waals surface area contributed by atoms with Crippen molar-refractivity contribution < 1.29 is 4.74 Å². The van der Waals surface area contributed by atoms with Gasteiger partial charge in [0.25, 0.3) is 0 Å². The molecule has 19 heavy (non-hydrogen) atoms. The molecule has 2 nitrogen and oxygen atoms in total. The predicted octanol–water partition coefficient (Wildman–Crippen LogP) is 4.96. The van der Waals surface area contributed by atoms with Crippen molar-refractivity contribution in [3.8, 4) is 11.5 Å². The van der Waals surface area contributed by atoms with Crippen molar-refractivity contribution in [1.29, 1.82) is 0 Å². The summed E-state index contributed by atoms with van der Waals surface area (Å²) in [7, 11) is 0. The third-order valence-corrected chi connectivity index (χ3v) is 3.58. The fourth-order valence-electron chi connectivity index (χ4n) is 1.90. The van der Waals surface area contributed by atoms with Crippen molar-refractivity contribution in [3.63, 3.8) is 0 Å². The lowest BCUT2D eigenvalue weighted by Crippen LogP contribution is -2.08. The van der Waals surface area contributed by atoms with Crippen LogP contribution in [0.1, 0.15) is 30.5 Å². The minimum atomic E-state index is 0.0644. The molecule has 3 heteroatoms. The Labute approximate surface area is 122 Å². The average Bonchev–Trinajstić information content (AvgIpc) is 2.41. The third-order valence-electron chi connectivity index (χ3n) is 3.09. The molecule has 0 aliphatic carbocycles. The van der Waals surface area contributed by atoms with Gasteiger partial charge in [-0.2, -0.15) is 0 Å². The minimum absolute atomic E-state index is 0.0644. The van der Waals surface area contributed by atoms with Crippen LogP contribution in [0, 0.1) is 6.92 Å². The molecule has 0 amide bonds. The SMILES string of the molecule is CCC(N)c1cccc(Oc2ccc(Br)cc2C)c1. The summed E-state index contributed by atoms with van der Waals surface area (Å²) in [4.78, 5) is 0. The highest BCUT2D eigenvalue weighted by Crippen LogP contribution is 2.29. The summed E-state index contributed by atoms with van der Waals surface area (Å²) in [5.74, 6) is 1.69. The summed E-state index contributed by atoms with van der Waals surface area (Å²) >= 11 is 3.45. The van der Waals surface area contributed by atoms with Crippen LogP contribution in [0.4, 0.5) is 0 Å². The fraction of sp³-hybridized carbons (Fsp3) is 0.250. The van der Waals surface area contributed by atoms with Crippen LogP contribution >= 0.6 is 15.9 Å². The topological polar surface area (TPSA) is 35.2 Å². The second-order valence-electron chi connectivity index (χ2n) is 4.60. The molecule has 0 fully saturated rings. The average molecular weight is 320 g/mol. The fourth-order valence-corrected chi connectivity index (χ4v) is 2.37. The molecule has 0 bridgehead atoms. The predicted molar refractivity (Wildman–Crippen MR) is 82.6 cm³/mol. The molecule has 0 aliphatic rings. The molecule has 2 aromatic carbocycles. The highest BCUT2D eigenvalue weighted by Gasteiger charge is 2.06. The van der Waals surface area contributed by atoms with Crippen LogP contribution in [-0.2, 0) is 0 Å². The van der Waals surface area contributed by atoms with E-state index < -0.39 is 0 Å². The van der Waals surface area contributed by atoms with E-state index in [4.69, 9.17) is 10.5 Å². The van der Waals surface area contributed by atoms with Crippen LogP contribution < -0.4 is 10.5 Å². The van der Waals surface area contributed by atoms with Gasteiger partial charge >= 0.3 is 0 Å². The summed E-state index contributed by atoms with van der Waals surface area (Å²) in [6, 6.07) is 14.0. The van der Waals surface area contributed by atoms with Crippen LogP contribution in [-0.4, -0.2) is 0 Å². The first-order valence-corrected chi connectivity index (χ1v) is 7.19. The number of benzene rings is 2.